The fourth-order valence-corrected chi connectivity index (χ4v) is 5.06. The maximum absolute atomic E-state index is 13.9. The second-order valence-corrected chi connectivity index (χ2v) is 9.03. The SMILES string of the molecule is CCc1nn(-c2ccccc2)c2c1CN(C(=O)Nc1ccccc1)C(c1ccc(F)cc1)c1cccn1-2. The number of para-hydroxylation sites is 2. The number of carbonyl (C=O) groups is 1. The molecule has 3 aromatic carbocycles. The second-order valence-electron chi connectivity index (χ2n) is 9.03. The minimum absolute atomic E-state index is 0.240. The summed E-state index contributed by atoms with van der Waals surface area (Å²) in [6, 6.07) is 29.1. The van der Waals surface area contributed by atoms with Crippen LogP contribution in [-0.2, 0) is 13.0 Å². The molecule has 0 fully saturated rings. The van der Waals surface area contributed by atoms with E-state index in [1.807, 2.05) is 88.6 Å². The van der Waals surface area contributed by atoms with Crippen molar-refractivity contribution in [1.82, 2.24) is 19.2 Å². The van der Waals surface area contributed by atoms with Crippen LogP contribution in [0.25, 0.3) is 11.5 Å². The van der Waals surface area contributed by atoms with Crippen LogP contribution in [-0.4, -0.2) is 25.3 Å². The average Bonchev–Trinajstić information content (AvgIpc) is 3.51. The number of urea groups is 1. The summed E-state index contributed by atoms with van der Waals surface area (Å²) in [4.78, 5) is 15.7. The van der Waals surface area contributed by atoms with Gasteiger partial charge in [-0.1, -0.05) is 55.5 Å². The zero-order valence-electron chi connectivity index (χ0n) is 20.4. The molecule has 1 N–H and O–H groups in total. The van der Waals surface area contributed by atoms with E-state index >= 15 is 0 Å². The number of fused-ring (bicyclic) bond motifs is 3. The van der Waals surface area contributed by atoms with Crippen LogP contribution in [0.5, 0.6) is 0 Å². The summed E-state index contributed by atoms with van der Waals surface area (Å²) in [6.45, 7) is 2.42. The Kier molecular flexibility index (Phi) is 5.81. The molecule has 5 aromatic rings. The van der Waals surface area contributed by atoms with Crippen molar-refractivity contribution in [2.45, 2.75) is 25.9 Å². The highest BCUT2D eigenvalue weighted by atomic mass is 19.1. The minimum Gasteiger partial charge on any atom is -0.308 e. The molecular weight excluding hydrogens is 465 g/mol. The molecule has 0 radical (unpaired) electrons. The van der Waals surface area contributed by atoms with Crippen LogP contribution in [0.3, 0.4) is 0 Å². The highest BCUT2D eigenvalue weighted by molar-refractivity contribution is 5.90. The number of aromatic nitrogens is 3. The van der Waals surface area contributed by atoms with Gasteiger partial charge >= 0.3 is 6.03 Å². The largest absolute Gasteiger partial charge is 0.322 e. The lowest BCUT2D eigenvalue weighted by Crippen LogP contribution is -2.38. The maximum Gasteiger partial charge on any atom is 0.322 e. The summed E-state index contributed by atoms with van der Waals surface area (Å²) in [5, 5.41) is 8.03. The van der Waals surface area contributed by atoms with Crippen LogP contribution in [0, 0.1) is 5.82 Å². The number of anilines is 1. The molecule has 0 saturated heterocycles. The van der Waals surface area contributed by atoms with Crippen LogP contribution >= 0.6 is 0 Å². The normalized spacial score (nSPS) is 14.5. The van der Waals surface area contributed by atoms with Gasteiger partial charge in [0.1, 0.15) is 11.6 Å². The van der Waals surface area contributed by atoms with Gasteiger partial charge in [-0.2, -0.15) is 5.10 Å². The summed E-state index contributed by atoms with van der Waals surface area (Å²) in [5.74, 6) is 0.592. The van der Waals surface area contributed by atoms with E-state index in [1.165, 1.54) is 12.1 Å². The minimum atomic E-state index is -0.444. The van der Waals surface area contributed by atoms with E-state index in [0.717, 1.165) is 34.0 Å². The Morgan fingerprint density at radius 3 is 2.35 bits per heavy atom. The third-order valence-electron chi connectivity index (χ3n) is 6.78. The highest BCUT2D eigenvalue weighted by Gasteiger charge is 2.36. The van der Waals surface area contributed by atoms with Crippen LogP contribution in [0.1, 0.15) is 35.5 Å². The Morgan fingerprint density at radius 2 is 1.65 bits per heavy atom. The van der Waals surface area contributed by atoms with E-state index < -0.39 is 6.04 Å². The summed E-state index contributed by atoms with van der Waals surface area (Å²) in [5.41, 5.74) is 5.28. The van der Waals surface area contributed by atoms with Crippen LogP contribution in [0.2, 0.25) is 0 Å². The first-order valence-electron chi connectivity index (χ1n) is 12.4. The average molecular weight is 492 g/mol. The van der Waals surface area contributed by atoms with Gasteiger partial charge in [0.2, 0.25) is 0 Å². The van der Waals surface area contributed by atoms with Gasteiger partial charge in [0.05, 0.1) is 29.7 Å². The molecule has 0 saturated carbocycles. The molecule has 3 heterocycles. The molecule has 6 rings (SSSR count). The molecular formula is C30H26FN5O. The highest BCUT2D eigenvalue weighted by Crippen LogP contribution is 2.39. The number of benzene rings is 3. The number of halogens is 1. The van der Waals surface area contributed by atoms with Gasteiger partial charge in [-0.25, -0.2) is 13.9 Å². The van der Waals surface area contributed by atoms with Crippen molar-refractivity contribution in [2.75, 3.05) is 5.32 Å². The third kappa shape index (κ3) is 4.08. The molecule has 0 bridgehead atoms. The van der Waals surface area contributed by atoms with Gasteiger partial charge in [-0.05, 0) is 60.5 Å². The van der Waals surface area contributed by atoms with E-state index in [1.54, 1.807) is 12.1 Å². The molecule has 7 heteroatoms. The Labute approximate surface area is 214 Å². The predicted octanol–water partition coefficient (Wildman–Crippen LogP) is 6.50. The predicted molar refractivity (Wildman–Crippen MR) is 142 cm³/mol. The molecule has 2 amide bonds. The summed E-state index contributed by atoms with van der Waals surface area (Å²) < 4.78 is 18.0. The third-order valence-corrected chi connectivity index (χ3v) is 6.78. The Bertz CT molecular complexity index is 1540. The number of nitrogens with zero attached hydrogens (tertiary/aromatic N) is 4. The summed E-state index contributed by atoms with van der Waals surface area (Å²) in [7, 11) is 0. The molecule has 1 atom stereocenters. The van der Waals surface area contributed by atoms with Gasteiger partial charge in [0.25, 0.3) is 0 Å². The molecule has 6 nitrogen and oxygen atoms in total. The number of hydrogen-bond acceptors (Lipinski definition) is 2. The quantitative estimate of drug-likeness (QED) is 0.312. The molecule has 1 aliphatic heterocycles. The van der Waals surface area contributed by atoms with Crippen molar-refractivity contribution < 1.29 is 9.18 Å². The van der Waals surface area contributed by atoms with Crippen molar-refractivity contribution in [2.24, 2.45) is 0 Å². The summed E-state index contributed by atoms with van der Waals surface area (Å²) in [6.07, 6.45) is 2.72. The Morgan fingerprint density at radius 1 is 0.946 bits per heavy atom. The fourth-order valence-electron chi connectivity index (χ4n) is 5.06. The smallest absolute Gasteiger partial charge is 0.308 e. The maximum atomic E-state index is 13.9. The van der Waals surface area contributed by atoms with E-state index in [2.05, 4.69) is 16.8 Å². The van der Waals surface area contributed by atoms with E-state index in [9.17, 15) is 9.18 Å². The fraction of sp³-hybridized carbons (Fsp3) is 0.133. The topological polar surface area (TPSA) is 55.1 Å². The number of carbonyl (C=O) groups excluding carboxylic acids is 1. The molecule has 0 spiro atoms. The van der Waals surface area contributed by atoms with Gasteiger partial charge in [0.15, 0.2) is 0 Å². The van der Waals surface area contributed by atoms with Crippen molar-refractivity contribution in [3.05, 3.63) is 132 Å². The number of rotatable bonds is 4. The molecule has 184 valence electrons. The number of amides is 2. The van der Waals surface area contributed by atoms with Crippen molar-refractivity contribution in [3.63, 3.8) is 0 Å². The molecule has 0 aliphatic carbocycles. The zero-order chi connectivity index (χ0) is 25.4. The van der Waals surface area contributed by atoms with Crippen LogP contribution < -0.4 is 5.32 Å². The van der Waals surface area contributed by atoms with E-state index in [4.69, 9.17) is 5.10 Å². The van der Waals surface area contributed by atoms with Crippen molar-refractivity contribution >= 4 is 11.7 Å². The number of nitrogens with one attached hydrogen (secondary N) is 1. The lowest BCUT2D eigenvalue weighted by Gasteiger charge is -2.31. The van der Waals surface area contributed by atoms with Crippen LogP contribution in [0.4, 0.5) is 14.9 Å². The van der Waals surface area contributed by atoms with Crippen molar-refractivity contribution in [3.8, 4) is 11.5 Å². The lowest BCUT2D eigenvalue weighted by atomic mass is 10.0. The zero-order valence-corrected chi connectivity index (χ0v) is 20.4. The number of hydrogen-bond donors (Lipinski definition) is 1. The standard InChI is InChI=1S/C30H26FN5O/c1-2-26-25-20-35(30(37)32-23-10-5-3-6-11-23)28(21-15-17-22(31)18-16-21)27-14-9-19-34(27)29(25)36(33-26)24-12-7-4-8-13-24/h3-19,28H,2,20H2,1H3,(H,32,37). The monoisotopic (exact) mass is 491 g/mol. The molecule has 1 unspecified atom stereocenters. The van der Waals surface area contributed by atoms with E-state index in [-0.39, 0.29) is 11.8 Å². The first kappa shape index (κ1) is 22.8. The Balaban J connectivity index is 1.56. The molecule has 2 aromatic heterocycles. The van der Waals surface area contributed by atoms with Crippen molar-refractivity contribution in [1.29, 1.82) is 0 Å². The Hall–Kier alpha value is -4.65. The van der Waals surface area contributed by atoms with Gasteiger partial charge in [-0.15, -0.1) is 0 Å². The molecule has 37 heavy (non-hydrogen) atoms. The summed E-state index contributed by atoms with van der Waals surface area (Å²) >= 11 is 0. The first-order valence-corrected chi connectivity index (χ1v) is 12.4. The second kappa shape index (κ2) is 9.43. The van der Waals surface area contributed by atoms with Crippen LogP contribution in [0.15, 0.2) is 103 Å². The first-order chi connectivity index (χ1) is 18.1. The lowest BCUT2D eigenvalue weighted by molar-refractivity contribution is 0.194. The number of aryl methyl sites for hydroxylation is 1. The van der Waals surface area contributed by atoms with Gasteiger partial charge in [0, 0.05) is 17.4 Å². The molecule has 1 aliphatic rings. The van der Waals surface area contributed by atoms with E-state index in [0.29, 0.717) is 18.7 Å². The van der Waals surface area contributed by atoms with Gasteiger partial charge < -0.3 is 14.8 Å². The van der Waals surface area contributed by atoms with Gasteiger partial charge in [-0.3, -0.25) is 0 Å².